The van der Waals surface area contributed by atoms with Crippen LogP contribution in [0.1, 0.15) is 26.7 Å². The number of hydrogen-bond acceptors (Lipinski definition) is 4. The minimum absolute atomic E-state index is 0.0136. The van der Waals surface area contributed by atoms with Gasteiger partial charge in [-0.1, -0.05) is 6.92 Å². The molecule has 0 aromatic carbocycles. The molecule has 1 heterocycles. The number of rotatable bonds is 5. The lowest BCUT2D eigenvalue weighted by Crippen LogP contribution is -2.43. The molecular formula is C11H20N2O4. The maximum absolute atomic E-state index is 11.9. The van der Waals surface area contributed by atoms with Crippen molar-refractivity contribution in [2.75, 3.05) is 13.1 Å². The fourth-order valence-corrected chi connectivity index (χ4v) is 2.12. The smallest absolute Gasteiger partial charge is 0.326 e. The van der Waals surface area contributed by atoms with E-state index in [0.717, 1.165) is 6.54 Å². The topological polar surface area (TPSA) is 89.9 Å². The first-order valence-electron chi connectivity index (χ1n) is 5.89. The zero-order chi connectivity index (χ0) is 13.0. The van der Waals surface area contributed by atoms with Crippen LogP contribution in [-0.2, 0) is 9.59 Å². The van der Waals surface area contributed by atoms with Gasteiger partial charge in [-0.05, 0) is 13.5 Å². The summed E-state index contributed by atoms with van der Waals surface area (Å²) in [7, 11) is 0. The molecule has 1 aliphatic rings. The first kappa shape index (κ1) is 13.9. The van der Waals surface area contributed by atoms with Crippen LogP contribution in [0.4, 0.5) is 0 Å². The monoisotopic (exact) mass is 244 g/mol. The second-order valence-corrected chi connectivity index (χ2v) is 4.45. The number of β-amino-alcohol motifs (C(OH)–C–C–N with tert-alkyl or cyclic N) is 1. The highest BCUT2D eigenvalue weighted by Crippen LogP contribution is 2.19. The summed E-state index contributed by atoms with van der Waals surface area (Å²) >= 11 is 0. The van der Waals surface area contributed by atoms with Crippen LogP contribution in [0.25, 0.3) is 0 Å². The minimum Gasteiger partial charge on any atom is -0.480 e. The number of carbonyl (C=O) groups excluding carboxylic acids is 1. The summed E-state index contributed by atoms with van der Waals surface area (Å²) in [6.45, 7) is 4.71. The van der Waals surface area contributed by atoms with Gasteiger partial charge in [-0.15, -0.1) is 0 Å². The number of aliphatic hydroxyl groups is 1. The molecule has 0 aromatic heterocycles. The fraction of sp³-hybridized carbons (Fsp3) is 0.818. The molecule has 1 aliphatic heterocycles. The van der Waals surface area contributed by atoms with Crippen LogP contribution in [-0.4, -0.2) is 58.3 Å². The van der Waals surface area contributed by atoms with Gasteiger partial charge in [-0.3, -0.25) is 4.79 Å². The fourth-order valence-electron chi connectivity index (χ4n) is 2.12. The lowest BCUT2D eigenvalue weighted by molar-refractivity contribution is -0.148. The highest BCUT2D eigenvalue weighted by molar-refractivity contribution is 5.84. The molecule has 6 heteroatoms. The van der Waals surface area contributed by atoms with Crippen molar-refractivity contribution in [3.05, 3.63) is 0 Å². The third kappa shape index (κ3) is 3.67. The maximum Gasteiger partial charge on any atom is 0.326 e. The van der Waals surface area contributed by atoms with Gasteiger partial charge < -0.3 is 20.4 Å². The Morgan fingerprint density at radius 1 is 1.53 bits per heavy atom. The number of nitrogens with zero attached hydrogens (tertiary/aromatic N) is 1. The number of aliphatic hydroxyl groups excluding tert-OH is 1. The van der Waals surface area contributed by atoms with Crippen LogP contribution in [0.15, 0.2) is 0 Å². The van der Waals surface area contributed by atoms with E-state index in [9.17, 15) is 14.7 Å². The van der Waals surface area contributed by atoms with Crippen molar-refractivity contribution in [1.29, 1.82) is 0 Å². The molecule has 0 bridgehead atoms. The predicted octanol–water partition coefficient (Wildman–Crippen LogP) is -0.579. The van der Waals surface area contributed by atoms with E-state index < -0.39 is 18.1 Å². The molecule has 1 rings (SSSR count). The lowest BCUT2D eigenvalue weighted by Gasteiger charge is -2.23. The van der Waals surface area contributed by atoms with Gasteiger partial charge in [-0.25, -0.2) is 4.79 Å². The van der Waals surface area contributed by atoms with Crippen LogP contribution in [0.3, 0.4) is 0 Å². The van der Waals surface area contributed by atoms with Crippen molar-refractivity contribution in [1.82, 2.24) is 10.2 Å². The van der Waals surface area contributed by atoms with Crippen LogP contribution in [0, 0.1) is 0 Å². The Morgan fingerprint density at radius 3 is 2.71 bits per heavy atom. The zero-order valence-corrected chi connectivity index (χ0v) is 10.2. The molecule has 1 saturated heterocycles. The Balaban J connectivity index is 2.58. The van der Waals surface area contributed by atoms with Gasteiger partial charge in [0.25, 0.3) is 0 Å². The number of carboxylic acid groups (broad SMARTS) is 1. The van der Waals surface area contributed by atoms with E-state index in [1.165, 1.54) is 4.90 Å². The predicted molar refractivity (Wildman–Crippen MR) is 61.5 cm³/mol. The Morgan fingerprint density at radius 2 is 2.18 bits per heavy atom. The van der Waals surface area contributed by atoms with Gasteiger partial charge in [-0.2, -0.15) is 0 Å². The molecule has 3 N–H and O–H groups in total. The molecule has 6 nitrogen and oxygen atoms in total. The minimum atomic E-state index is -1.05. The van der Waals surface area contributed by atoms with Crippen molar-refractivity contribution in [3.63, 3.8) is 0 Å². The number of hydrogen-bond donors (Lipinski definition) is 3. The first-order valence-corrected chi connectivity index (χ1v) is 5.89. The van der Waals surface area contributed by atoms with Crippen molar-refractivity contribution >= 4 is 11.9 Å². The van der Waals surface area contributed by atoms with Crippen molar-refractivity contribution in [3.8, 4) is 0 Å². The van der Waals surface area contributed by atoms with E-state index in [0.29, 0.717) is 0 Å². The lowest BCUT2D eigenvalue weighted by atomic mass is 10.2. The number of carbonyl (C=O) groups is 2. The summed E-state index contributed by atoms with van der Waals surface area (Å²) in [5.74, 6) is -1.27. The molecule has 17 heavy (non-hydrogen) atoms. The second-order valence-electron chi connectivity index (χ2n) is 4.45. The van der Waals surface area contributed by atoms with E-state index in [4.69, 9.17) is 5.11 Å². The molecule has 3 atom stereocenters. The molecule has 0 spiro atoms. The number of amides is 1. The second kappa shape index (κ2) is 5.97. The molecule has 98 valence electrons. The van der Waals surface area contributed by atoms with Crippen LogP contribution < -0.4 is 5.32 Å². The molecule has 0 aromatic rings. The van der Waals surface area contributed by atoms with Gasteiger partial charge in [0.2, 0.25) is 5.91 Å². The van der Waals surface area contributed by atoms with Crippen molar-refractivity contribution < 1.29 is 19.8 Å². The number of nitrogens with one attached hydrogen (secondary N) is 1. The molecule has 0 aliphatic carbocycles. The standard InChI is InChI=1S/C11H20N2O4/c1-3-12-7(2)4-10(15)13-6-8(14)5-9(13)11(16)17/h7-9,12,14H,3-6H2,1-2H3,(H,16,17)/t7?,8-,9-/m0/s1. The Kier molecular flexibility index (Phi) is 4.89. The van der Waals surface area contributed by atoms with Gasteiger partial charge in [0.05, 0.1) is 6.10 Å². The summed E-state index contributed by atoms with van der Waals surface area (Å²) in [5, 5.41) is 21.5. The SMILES string of the molecule is CCNC(C)CC(=O)N1C[C@@H](O)C[C@H]1C(=O)O. The van der Waals surface area contributed by atoms with Crippen LogP contribution in [0.2, 0.25) is 0 Å². The maximum atomic E-state index is 11.9. The van der Waals surface area contributed by atoms with Crippen molar-refractivity contribution in [2.45, 2.75) is 44.9 Å². The van der Waals surface area contributed by atoms with E-state index in [1.54, 1.807) is 0 Å². The number of carboxylic acids is 1. The number of likely N-dealkylation sites (tertiary alicyclic amines) is 1. The summed E-state index contributed by atoms with van der Waals surface area (Å²) in [6.07, 6.45) is -0.351. The van der Waals surface area contributed by atoms with E-state index in [1.807, 2.05) is 13.8 Å². The normalized spacial score (nSPS) is 25.9. The van der Waals surface area contributed by atoms with Gasteiger partial charge >= 0.3 is 5.97 Å². The summed E-state index contributed by atoms with van der Waals surface area (Å²) < 4.78 is 0. The highest BCUT2D eigenvalue weighted by Gasteiger charge is 2.38. The van der Waals surface area contributed by atoms with Gasteiger partial charge in [0.15, 0.2) is 0 Å². The zero-order valence-electron chi connectivity index (χ0n) is 10.2. The first-order chi connectivity index (χ1) is 7.95. The third-order valence-electron chi connectivity index (χ3n) is 2.92. The molecule has 0 radical (unpaired) electrons. The quantitative estimate of drug-likeness (QED) is 0.602. The van der Waals surface area contributed by atoms with Crippen LogP contribution in [0.5, 0.6) is 0 Å². The Bertz CT molecular complexity index is 295. The molecule has 1 fully saturated rings. The average molecular weight is 244 g/mol. The Labute approximate surface area is 101 Å². The van der Waals surface area contributed by atoms with Crippen LogP contribution >= 0.6 is 0 Å². The summed E-state index contributed by atoms with van der Waals surface area (Å²) in [5.41, 5.74) is 0. The van der Waals surface area contributed by atoms with E-state index in [2.05, 4.69) is 5.32 Å². The van der Waals surface area contributed by atoms with Gasteiger partial charge in [0.1, 0.15) is 6.04 Å². The van der Waals surface area contributed by atoms with Crippen molar-refractivity contribution in [2.24, 2.45) is 0 Å². The molecule has 0 saturated carbocycles. The van der Waals surface area contributed by atoms with Gasteiger partial charge in [0, 0.05) is 25.4 Å². The van der Waals surface area contributed by atoms with E-state index in [-0.39, 0.29) is 31.3 Å². The Hall–Kier alpha value is -1.14. The summed E-state index contributed by atoms with van der Waals surface area (Å²) in [4.78, 5) is 24.1. The third-order valence-corrected chi connectivity index (χ3v) is 2.92. The largest absolute Gasteiger partial charge is 0.480 e. The molecule has 1 amide bonds. The summed E-state index contributed by atoms with van der Waals surface area (Å²) in [6, 6.07) is -0.869. The highest BCUT2D eigenvalue weighted by atomic mass is 16.4. The molecule has 1 unspecified atom stereocenters. The molecular weight excluding hydrogens is 224 g/mol. The van der Waals surface area contributed by atoms with E-state index >= 15 is 0 Å². The number of aliphatic carboxylic acids is 1. The average Bonchev–Trinajstić information content (AvgIpc) is 2.60.